The summed E-state index contributed by atoms with van der Waals surface area (Å²) in [5.41, 5.74) is 1.62. The minimum atomic E-state index is 0.0718. The van der Waals surface area contributed by atoms with Crippen LogP contribution in [0.1, 0.15) is 5.69 Å². The van der Waals surface area contributed by atoms with Crippen molar-refractivity contribution in [3.05, 3.63) is 34.6 Å². The smallest absolute Gasteiger partial charge is 0.135 e. The Morgan fingerprint density at radius 3 is 3.00 bits per heavy atom. The summed E-state index contributed by atoms with van der Waals surface area (Å²) in [6.07, 6.45) is 2.30. The molecule has 5 nitrogen and oxygen atoms in total. The third kappa shape index (κ3) is 2.65. The molecule has 17 heavy (non-hydrogen) atoms. The molecule has 0 aliphatic heterocycles. The number of nitrogens with zero attached hydrogens (tertiary/aromatic N) is 3. The third-order valence-corrected chi connectivity index (χ3v) is 2.96. The lowest BCUT2D eigenvalue weighted by molar-refractivity contribution is 0.298. The van der Waals surface area contributed by atoms with Crippen molar-refractivity contribution >= 4 is 15.9 Å². The van der Waals surface area contributed by atoms with Gasteiger partial charge >= 0.3 is 0 Å². The van der Waals surface area contributed by atoms with Crippen molar-refractivity contribution in [2.75, 3.05) is 13.7 Å². The van der Waals surface area contributed by atoms with Crippen LogP contribution in [0.4, 0.5) is 0 Å². The van der Waals surface area contributed by atoms with E-state index in [0.29, 0.717) is 6.42 Å². The van der Waals surface area contributed by atoms with E-state index in [-0.39, 0.29) is 6.61 Å². The Hall–Kier alpha value is -1.40. The summed E-state index contributed by atoms with van der Waals surface area (Å²) in [7, 11) is 1.61. The van der Waals surface area contributed by atoms with E-state index >= 15 is 0 Å². The van der Waals surface area contributed by atoms with Crippen LogP contribution in [0.3, 0.4) is 0 Å². The number of aliphatic hydroxyl groups is 1. The fraction of sp³-hybridized carbons (Fsp3) is 0.273. The predicted molar refractivity (Wildman–Crippen MR) is 66.4 cm³/mol. The van der Waals surface area contributed by atoms with E-state index in [9.17, 15) is 0 Å². The van der Waals surface area contributed by atoms with Crippen molar-refractivity contribution in [2.45, 2.75) is 6.42 Å². The quantitative estimate of drug-likeness (QED) is 0.931. The average Bonchev–Trinajstić information content (AvgIpc) is 2.79. The van der Waals surface area contributed by atoms with E-state index in [1.165, 1.54) is 0 Å². The fourth-order valence-electron chi connectivity index (χ4n) is 1.44. The molecule has 2 aromatic rings. The van der Waals surface area contributed by atoms with E-state index in [4.69, 9.17) is 9.84 Å². The standard InChI is InChI=1S/C11H12BrN3O2/c1-17-11-6-9(2-3-10(11)12)15-7-8(4-5-16)13-14-15/h2-3,6-7,16H,4-5H2,1H3. The molecule has 1 aromatic heterocycles. The van der Waals surface area contributed by atoms with Gasteiger partial charge in [0.05, 0.1) is 29.2 Å². The van der Waals surface area contributed by atoms with Crippen molar-refractivity contribution in [1.29, 1.82) is 0 Å². The Balaban J connectivity index is 2.32. The number of hydrogen-bond donors (Lipinski definition) is 1. The molecule has 0 radical (unpaired) electrons. The second kappa shape index (κ2) is 5.29. The Bertz CT molecular complexity index is 513. The molecule has 0 amide bonds. The predicted octanol–water partition coefficient (Wildman–Crippen LogP) is 1.57. The summed E-state index contributed by atoms with van der Waals surface area (Å²) in [6, 6.07) is 5.66. The summed E-state index contributed by atoms with van der Waals surface area (Å²) in [5.74, 6) is 0.738. The first-order valence-corrected chi connectivity index (χ1v) is 5.90. The number of hydrogen-bond acceptors (Lipinski definition) is 4. The molecule has 6 heteroatoms. The molecule has 0 bridgehead atoms. The van der Waals surface area contributed by atoms with Gasteiger partial charge in [-0.15, -0.1) is 5.10 Å². The molecule has 0 saturated carbocycles. The van der Waals surface area contributed by atoms with Crippen LogP contribution in [0.5, 0.6) is 5.75 Å². The highest BCUT2D eigenvalue weighted by Gasteiger charge is 2.06. The van der Waals surface area contributed by atoms with Gasteiger partial charge in [0, 0.05) is 19.1 Å². The van der Waals surface area contributed by atoms with Gasteiger partial charge in [-0.2, -0.15) is 0 Å². The fourth-order valence-corrected chi connectivity index (χ4v) is 1.85. The summed E-state index contributed by atoms with van der Waals surface area (Å²) in [5, 5.41) is 16.8. The highest BCUT2D eigenvalue weighted by Crippen LogP contribution is 2.26. The first kappa shape index (κ1) is 12.1. The zero-order chi connectivity index (χ0) is 12.3. The number of aliphatic hydroxyl groups excluding tert-OH is 1. The first-order valence-electron chi connectivity index (χ1n) is 5.10. The molecule has 0 unspecified atom stereocenters. The van der Waals surface area contributed by atoms with Crippen molar-refractivity contribution < 1.29 is 9.84 Å². The van der Waals surface area contributed by atoms with Crippen LogP contribution >= 0.6 is 15.9 Å². The molecule has 0 aliphatic carbocycles. The van der Waals surface area contributed by atoms with Crippen LogP contribution in [-0.4, -0.2) is 33.8 Å². The van der Waals surface area contributed by atoms with Gasteiger partial charge in [0.1, 0.15) is 5.75 Å². The van der Waals surface area contributed by atoms with Gasteiger partial charge in [0.15, 0.2) is 0 Å². The van der Waals surface area contributed by atoms with Gasteiger partial charge in [0.25, 0.3) is 0 Å². The summed E-state index contributed by atoms with van der Waals surface area (Å²) >= 11 is 3.39. The topological polar surface area (TPSA) is 60.2 Å². The maximum atomic E-state index is 8.81. The normalized spacial score (nSPS) is 10.5. The average molecular weight is 298 g/mol. The molecule has 0 atom stereocenters. The van der Waals surface area contributed by atoms with Gasteiger partial charge < -0.3 is 9.84 Å². The SMILES string of the molecule is COc1cc(-n2cc(CCO)nn2)ccc1Br. The summed E-state index contributed by atoms with van der Waals surface area (Å²) < 4.78 is 7.75. The zero-order valence-corrected chi connectivity index (χ0v) is 10.9. The van der Waals surface area contributed by atoms with Crippen LogP contribution in [0.25, 0.3) is 5.69 Å². The minimum Gasteiger partial charge on any atom is -0.495 e. The van der Waals surface area contributed by atoms with E-state index in [0.717, 1.165) is 21.6 Å². The summed E-state index contributed by atoms with van der Waals surface area (Å²) in [4.78, 5) is 0. The van der Waals surface area contributed by atoms with Gasteiger partial charge in [-0.25, -0.2) is 4.68 Å². The number of rotatable bonds is 4. The molecular formula is C11H12BrN3O2. The Kier molecular flexibility index (Phi) is 3.75. The van der Waals surface area contributed by atoms with Crippen molar-refractivity contribution in [1.82, 2.24) is 15.0 Å². The molecule has 90 valence electrons. The van der Waals surface area contributed by atoms with Gasteiger partial charge in [-0.1, -0.05) is 5.21 Å². The Morgan fingerprint density at radius 2 is 2.29 bits per heavy atom. The van der Waals surface area contributed by atoms with Crippen LogP contribution in [-0.2, 0) is 6.42 Å². The van der Waals surface area contributed by atoms with E-state index in [1.54, 1.807) is 18.0 Å². The van der Waals surface area contributed by atoms with E-state index < -0.39 is 0 Å². The van der Waals surface area contributed by atoms with Crippen molar-refractivity contribution in [3.8, 4) is 11.4 Å². The lowest BCUT2D eigenvalue weighted by Crippen LogP contribution is -1.96. The molecule has 1 heterocycles. The first-order chi connectivity index (χ1) is 8.24. The lowest BCUT2D eigenvalue weighted by atomic mass is 10.3. The van der Waals surface area contributed by atoms with Gasteiger partial charge in [-0.05, 0) is 28.1 Å². The molecule has 0 aliphatic rings. The molecule has 2 rings (SSSR count). The van der Waals surface area contributed by atoms with E-state index in [2.05, 4.69) is 26.2 Å². The zero-order valence-electron chi connectivity index (χ0n) is 9.30. The van der Waals surface area contributed by atoms with Crippen LogP contribution in [0.2, 0.25) is 0 Å². The molecule has 0 saturated heterocycles. The van der Waals surface area contributed by atoms with Crippen molar-refractivity contribution in [3.63, 3.8) is 0 Å². The number of benzene rings is 1. The number of aromatic nitrogens is 3. The number of ether oxygens (including phenoxy) is 1. The second-order valence-electron chi connectivity index (χ2n) is 3.45. The van der Waals surface area contributed by atoms with E-state index in [1.807, 2.05) is 18.2 Å². The summed E-state index contributed by atoms with van der Waals surface area (Å²) in [6.45, 7) is 0.0718. The Morgan fingerprint density at radius 1 is 1.47 bits per heavy atom. The van der Waals surface area contributed by atoms with Gasteiger partial charge in [-0.3, -0.25) is 0 Å². The lowest BCUT2D eigenvalue weighted by Gasteiger charge is -2.05. The number of halogens is 1. The second-order valence-corrected chi connectivity index (χ2v) is 4.30. The molecule has 0 spiro atoms. The maximum absolute atomic E-state index is 8.81. The number of methoxy groups -OCH3 is 1. The monoisotopic (exact) mass is 297 g/mol. The molecule has 0 fully saturated rings. The largest absolute Gasteiger partial charge is 0.495 e. The van der Waals surface area contributed by atoms with Crippen LogP contribution in [0.15, 0.2) is 28.9 Å². The molecular weight excluding hydrogens is 286 g/mol. The van der Waals surface area contributed by atoms with Crippen LogP contribution < -0.4 is 4.74 Å². The molecule has 1 N–H and O–H groups in total. The highest BCUT2D eigenvalue weighted by molar-refractivity contribution is 9.10. The maximum Gasteiger partial charge on any atom is 0.135 e. The van der Waals surface area contributed by atoms with Crippen LogP contribution in [0, 0.1) is 0 Å². The van der Waals surface area contributed by atoms with Crippen molar-refractivity contribution in [2.24, 2.45) is 0 Å². The molecule has 1 aromatic carbocycles. The minimum absolute atomic E-state index is 0.0718. The Labute approximate surface area is 107 Å². The highest BCUT2D eigenvalue weighted by atomic mass is 79.9. The van der Waals surface area contributed by atoms with Gasteiger partial charge in [0.2, 0.25) is 0 Å². The third-order valence-electron chi connectivity index (χ3n) is 2.31.